The Bertz CT molecular complexity index is 426. The van der Waals surface area contributed by atoms with Gasteiger partial charge in [-0.15, -0.1) is 0 Å². The van der Waals surface area contributed by atoms with E-state index in [1.54, 1.807) is 12.1 Å². The van der Waals surface area contributed by atoms with Gasteiger partial charge in [-0.3, -0.25) is 10.1 Å². The second kappa shape index (κ2) is 8.11. The van der Waals surface area contributed by atoms with E-state index in [0.717, 1.165) is 30.4 Å². The van der Waals surface area contributed by atoms with Crippen molar-refractivity contribution in [3.63, 3.8) is 0 Å². The van der Waals surface area contributed by atoms with Crippen molar-refractivity contribution in [2.45, 2.75) is 37.3 Å². The molecule has 0 spiro atoms. The molecular weight excluding hydrogens is 268 g/mol. The minimum absolute atomic E-state index is 0.0491. The lowest BCUT2D eigenvalue weighted by atomic mass is 10.2. The molecule has 0 amide bonds. The van der Waals surface area contributed by atoms with Gasteiger partial charge >= 0.3 is 0 Å². The third kappa shape index (κ3) is 6.02. The highest BCUT2D eigenvalue weighted by Crippen LogP contribution is 2.30. The first-order chi connectivity index (χ1) is 9.00. The maximum atomic E-state index is 10.8. The van der Waals surface area contributed by atoms with Crippen molar-refractivity contribution in [2.24, 2.45) is 5.73 Å². The van der Waals surface area contributed by atoms with Crippen molar-refractivity contribution >= 4 is 17.7 Å². The molecule has 0 radical (unpaired) electrons. The number of nitro benzene ring substituents is 1. The molecule has 106 valence electrons. The maximum Gasteiger partial charge on any atom is 0.285 e. The van der Waals surface area contributed by atoms with Gasteiger partial charge in [-0.1, -0.05) is 6.07 Å². The summed E-state index contributed by atoms with van der Waals surface area (Å²) in [5, 5.41) is 19.7. The number of unbranched alkanes of at least 4 members (excludes halogenated alkanes) is 1. The predicted molar refractivity (Wildman–Crippen MR) is 73.7 cm³/mol. The van der Waals surface area contributed by atoms with Crippen LogP contribution in [-0.4, -0.2) is 22.9 Å². The molecule has 0 unspecified atom stereocenters. The summed E-state index contributed by atoms with van der Waals surface area (Å²) >= 11 is 1.01. The lowest BCUT2D eigenvalue weighted by Crippen LogP contribution is -2.18. The van der Waals surface area contributed by atoms with Crippen molar-refractivity contribution in [3.8, 4) is 0 Å². The van der Waals surface area contributed by atoms with E-state index in [2.05, 4.69) is 0 Å². The second-order valence-corrected chi connectivity index (χ2v) is 5.04. The SMILES string of the molecule is Cc1ccc([N+](=O)[O-])c(SOCCCC[C@@H](N)O)c1. The molecule has 0 aromatic heterocycles. The van der Waals surface area contributed by atoms with Crippen LogP contribution < -0.4 is 5.73 Å². The van der Waals surface area contributed by atoms with Crippen LogP contribution in [0.15, 0.2) is 23.1 Å². The van der Waals surface area contributed by atoms with Gasteiger partial charge in [0.25, 0.3) is 5.69 Å². The van der Waals surface area contributed by atoms with Crippen molar-refractivity contribution in [3.05, 3.63) is 33.9 Å². The van der Waals surface area contributed by atoms with Gasteiger partial charge in [-0.25, -0.2) is 0 Å². The molecule has 0 aliphatic heterocycles. The van der Waals surface area contributed by atoms with Gasteiger partial charge in [0.2, 0.25) is 0 Å². The highest BCUT2D eigenvalue weighted by molar-refractivity contribution is 7.94. The summed E-state index contributed by atoms with van der Waals surface area (Å²) in [5.41, 5.74) is 6.20. The van der Waals surface area contributed by atoms with Gasteiger partial charge in [-0.05, 0) is 37.8 Å². The topological polar surface area (TPSA) is 98.6 Å². The molecule has 19 heavy (non-hydrogen) atoms. The fourth-order valence-corrected chi connectivity index (χ4v) is 2.25. The summed E-state index contributed by atoms with van der Waals surface area (Å²) in [6.45, 7) is 2.33. The predicted octanol–water partition coefficient (Wildman–Crippen LogP) is 2.37. The van der Waals surface area contributed by atoms with Gasteiger partial charge in [-0.2, -0.15) is 0 Å². The van der Waals surface area contributed by atoms with Crippen LogP contribution in [0.4, 0.5) is 5.69 Å². The summed E-state index contributed by atoms with van der Waals surface area (Å²) in [6, 6.07) is 4.91. The number of rotatable bonds is 8. The van der Waals surface area contributed by atoms with Gasteiger partial charge in [0.15, 0.2) is 0 Å². The van der Waals surface area contributed by atoms with Crippen LogP contribution >= 0.6 is 12.0 Å². The van der Waals surface area contributed by atoms with E-state index >= 15 is 0 Å². The Morgan fingerprint density at radius 3 is 2.89 bits per heavy atom. The molecule has 6 nitrogen and oxygen atoms in total. The van der Waals surface area contributed by atoms with Crippen molar-refractivity contribution < 1.29 is 14.2 Å². The van der Waals surface area contributed by atoms with Crippen LogP contribution in [0, 0.1) is 17.0 Å². The number of hydrogen-bond acceptors (Lipinski definition) is 6. The molecule has 0 bridgehead atoms. The third-order valence-corrected chi connectivity index (χ3v) is 3.23. The third-order valence-electron chi connectivity index (χ3n) is 2.44. The Morgan fingerprint density at radius 1 is 1.53 bits per heavy atom. The number of nitrogens with two attached hydrogens (primary N) is 1. The minimum atomic E-state index is -0.787. The molecule has 0 heterocycles. The second-order valence-electron chi connectivity index (χ2n) is 4.20. The number of hydrogen-bond donors (Lipinski definition) is 2. The van der Waals surface area contributed by atoms with Crippen LogP contribution in [0.5, 0.6) is 0 Å². The molecule has 7 heteroatoms. The molecule has 1 rings (SSSR count). The maximum absolute atomic E-state index is 10.8. The largest absolute Gasteiger partial charge is 0.379 e. The molecule has 1 aromatic rings. The Balaban J connectivity index is 2.40. The monoisotopic (exact) mass is 286 g/mol. The lowest BCUT2D eigenvalue weighted by Gasteiger charge is -2.05. The summed E-state index contributed by atoms with van der Waals surface area (Å²) in [4.78, 5) is 10.9. The molecule has 3 N–H and O–H groups in total. The fourth-order valence-electron chi connectivity index (χ4n) is 1.46. The van der Waals surface area contributed by atoms with Gasteiger partial charge in [0, 0.05) is 18.1 Å². The zero-order valence-corrected chi connectivity index (χ0v) is 11.6. The van der Waals surface area contributed by atoms with Crippen LogP contribution in [0.25, 0.3) is 0 Å². The average Bonchev–Trinajstić information content (AvgIpc) is 2.33. The van der Waals surface area contributed by atoms with Gasteiger partial charge in [0.1, 0.15) is 11.1 Å². The Morgan fingerprint density at radius 2 is 2.26 bits per heavy atom. The molecule has 0 saturated heterocycles. The smallest absolute Gasteiger partial charge is 0.285 e. The van der Waals surface area contributed by atoms with E-state index in [9.17, 15) is 10.1 Å². The average molecular weight is 286 g/mol. The summed E-state index contributed by atoms with van der Waals surface area (Å²) in [7, 11) is 0. The Hall–Kier alpha value is -1.15. The first-order valence-electron chi connectivity index (χ1n) is 5.99. The molecule has 1 atom stereocenters. The standard InChI is InChI=1S/C12H18N2O4S/c1-9-5-6-10(14(16)17)11(8-9)19-18-7-3-2-4-12(13)15/h5-6,8,12,15H,2-4,7,13H2,1H3/t12-/m0/s1. The number of nitrogens with zero attached hydrogens (tertiary/aromatic N) is 1. The molecule has 0 saturated carbocycles. The van der Waals surface area contributed by atoms with E-state index in [1.807, 2.05) is 6.92 Å². The lowest BCUT2D eigenvalue weighted by molar-refractivity contribution is -0.387. The number of aliphatic hydroxyl groups excluding tert-OH is 1. The molecule has 0 fully saturated rings. The molecular formula is C12H18N2O4S. The van der Waals surface area contributed by atoms with Crippen LogP contribution in [0.3, 0.4) is 0 Å². The van der Waals surface area contributed by atoms with Crippen LogP contribution in [-0.2, 0) is 4.18 Å². The molecule has 1 aromatic carbocycles. The highest BCUT2D eigenvalue weighted by Gasteiger charge is 2.14. The molecule has 0 aliphatic carbocycles. The van der Waals surface area contributed by atoms with Crippen molar-refractivity contribution in [1.29, 1.82) is 0 Å². The minimum Gasteiger partial charge on any atom is -0.379 e. The van der Waals surface area contributed by atoms with Crippen molar-refractivity contribution in [1.82, 2.24) is 0 Å². The van der Waals surface area contributed by atoms with Gasteiger partial charge in [0.05, 0.1) is 11.5 Å². The van der Waals surface area contributed by atoms with E-state index in [1.165, 1.54) is 6.07 Å². The van der Waals surface area contributed by atoms with Gasteiger partial charge < -0.3 is 15.0 Å². The highest BCUT2D eigenvalue weighted by atomic mass is 32.2. The Kier molecular flexibility index (Phi) is 6.79. The number of benzene rings is 1. The normalized spacial score (nSPS) is 12.4. The van der Waals surface area contributed by atoms with Crippen LogP contribution in [0.2, 0.25) is 0 Å². The van der Waals surface area contributed by atoms with E-state index in [0.29, 0.717) is 17.9 Å². The number of nitro groups is 1. The summed E-state index contributed by atoms with van der Waals surface area (Å²) in [5.74, 6) is 0. The summed E-state index contributed by atoms with van der Waals surface area (Å²) in [6.07, 6.45) is 1.25. The quantitative estimate of drug-likeness (QED) is 0.250. The number of aryl methyl sites for hydroxylation is 1. The molecule has 0 aliphatic rings. The summed E-state index contributed by atoms with van der Waals surface area (Å²) < 4.78 is 5.34. The Labute approximate surface area is 116 Å². The number of aliphatic hydroxyl groups is 1. The van der Waals surface area contributed by atoms with E-state index in [-0.39, 0.29) is 5.69 Å². The first kappa shape index (κ1) is 15.9. The zero-order valence-electron chi connectivity index (χ0n) is 10.7. The van der Waals surface area contributed by atoms with E-state index in [4.69, 9.17) is 15.0 Å². The fraction of sp³-hybridized carbons (Fsp3) is 0.500. The van der Waals surface area contributed by atoms with Crippen molar-refractivity contribution in [2.75, 3.05) is 6.61 Å². The zero-order chi connectivity index (χ0) is 14.3. The van der Waals surface area contributed by atoms with E-state index < -0.39 is 11.2 Å². The van der Waals surface area contributed by atoms with Crippen LogP contribution in [0.1, 0.15) is 24.8 Å². The first-order valence-corrected chi connectivity index (χ1v) is 6.73.